The second-order valence-corrected chi connectivity index (χ2v) is 25.4. The highest BCUT2D eigenvalue weighted by atomic mass is 16.8. The van der Waals surface area contributed by atoms with E-state index in [0.29, 0.717) is 37.2 Å². The number of aliphatic hydroxyl groups is 11. The smallest absolute Gasteiger partial charge is 0.191 e. The molecule has 0 aromatic rings. The van der Waals surface area contributed by atoms with E-state index in [1.807, 2.05) is 26.8 Å². The molecule has 29 atom stereocenters. The topological polar surface area (TPSA) is 315 Å². The second kappa shape index (κ2) is 19.6. The normalized spacial score (nSPS) is 57.5. The van der Waals surface area contributed by atoms with E-state index in [2.05, 4.69) is 27.7 Å². The summed E-state index contributed by atoms with van der Waals surface area (Å²) in [6, 6.07) is 0. The third-order valence-corrected chi connectivity index (χ3v) is 20.1. The largest absolute Gasteiger partial charge is 0.394 e. The molecule has 2 bridgehead atoms. The summed E-state index contributed by atoms with van der Waals surface area (Å²) in [4.78, 5) is 0. The fraction of sp³-hybridized carbons (Fsp3) is 0.962. The summed E-state index contributed by atoms with van der Waals surface area (Å²) in [5.74, 6) is 0.201. The minimum atomic E-state index is -1.87. The summed E-state index contributed by atoms with van der Waals surface area (Å²) in [6.07, 6.45) is -20.5. The van der Waals surface area contributed by atoms with Crippen LogP contribution >= 0.6 is 0 Å². The molecule has 0 aromatic heterocycles. The van der Waals surface area contributed by atoms with Crippen molar-refractivity contribution in [1.29, 1.82) is 0 Å². The van der Waals surface area contributed by atoms with Gasteiger partial charge in [-0.05, 0) is 119 Å². The Labute approximate surface area is 426 Å². The lowest BCUT2D eigenvalue weighted by molar-refractivity contribution is -0.398. The number of ether oxygens (including phenoxy) is 10. The Morgan fingerprint density at radius 1 is 0.630 bits per heavy atom. The van der Waals surface area contributed by atoms with Crippen LogP contribution in [0.2, 0.25) is 0 Å². The van der Waals surface area contributed by atoms with Crippen molar-refractivity contribution in [2.24, 2.45) is 45.8 Å². The lowest BCUT2D eigenvalue weighted by Crippen LogP contribution is -2.67. The van der Waals surface area contributed by atoms with Gasteiger partial charge in [-0.1, -0.05) is 33.3 Å². The van der Waals surface area contributed by atoms with Crippen molar-refractivity contribution in [3.63, 3.8) is 0 Å². The van der Waals surface area contributed by atoms with Crippen LogP contribution in [0.5, 0.6) is 0 Å². The van der Waals surface area contributed by atoms with Gasteiger partial charge in [0.2, 0.25) is 0 Å². The average Bonchev–Trinajstić information content (AvgIpc) is 3.83. The molecule has 6 saturated heterocycles. The molecule has 11 N–H and O–H groups in total. The minimum Gasteiger partial charge on any atom is -0.394 e. The van der Waals surface area contributed by atoms with E-state index in [0.717, 1.165) is 44.1 Å². The predicted molar refractivity (Wildman–Crippen MR) is 250 cm³/mol. The Bertz CT molecular complexity index is 2010. The third kappa shape index (κ3) is 9.05. The molecule has 6 heterocycles. The van der Waals surface area contributed by atoms with Gasteiger partial charge in [0.25, 0.3) is 0 Å². The summed E-state index contributed by atoms with van der Waals surface area (Å²) in [7, 11) is 0. The van der Waals surface area contributed by atoms with Gasteiger partial charge in [0.15, 0.2) is 30.9 Å². The zero-order valence-corrected chi connectivity index (χ0v) is 43.4. The molecule has 0 radical (unpaired) electrons. The number of rotatable bonds is 10. The monoisotopic (exact) mass is 1040 g/mol. The zero-order chi connectivity index (χ0) is 52.7. The molecule has 10 rings (SSSR count). The fourth-order valence-corrected chi connectivity index (χ4v) is 17.0. The van der Waals surface area contributed by atoms with Gasteiger partial charge < -0.3 is 104 Å². The molecular formula is C52H84O21. The predicted octanol–water partition coefficient (Wildman–Crippen LogP) is -0.542. The van der Waals surface area contributed by atoms with E-state index >= 15 is 0 Å². The van der Waals surface area contributed by atoms with Gasteiger partial charge >= 0.3 is 0 Å². The zero-order valence-electron chi connectivity index (χ0n) is 43.4. The quantitative estimate of drug-likeness (QED) is 0.0967. The molecule has 21 nitrogen and oxygen atoms in total. The summed E-state index contributed by atoms with van der Waals surface area (Å²) >= 11 is 0. The van der Waals surface area contributed by atoms with Crippen LogP contribution in [0.15, 0.2) is 11.6 Å². The van der Waals surface area contributed by atoms with E-state index in [4.69, 9.17) is 47.4 Å². The Balaban J connectivity index is 0.911. The first-order valence-electron chi connectivity index (χ1n) is 26.8. The van der Waals surface area contributed by atoms with Gasteiger partial charge in [-0.2, -0.15) is 0 Å². The molecule has 10 fully saturated rings. The maximum absolute atomic E-state index is 12.3. The van der Waals surface area contributed by atoms with Crippen molar-refractivity contribution < 1.29 is 104 Å². The average molecular weight is 1050 g/mol. The molecule has 1 spiro atoms. The molecule has 10 aliphatic rings. The molecule has 4 saturated carbocycles. The van der Waals surface area contributed by atoms with Crippen LogP contribution in [0.4, 0.5) is 0 Å². The van der Waals surface area contributed by atoms with E-state index in [1.165, 1.54) is 6.92 Å². The standard InChI is InChI=1S/C52H84O21/c1-22(2)15-52-20-50(8,63)42-24-9-10-30-48(6,25(24)16-51(42,73-52)21-66-52)13-11-29-47(4,5)31(12-14-49(29,30)7)69-45-41(72-44-38(62)35(59)32(56)23(3)67-44)39(27(55)19-65-45)70-46-40(36(60)34(58)28(17-53)68-46)71-43-37(61)33(57)26(54)18-64-43/h15,23-46,53-63H,9-14,16-21H2,1-8H3. The Morgan fingerprint density at radius 3 is 2.00 bits per heavy atom. The van der Waals surface area contributed by atoms with Crippen molar-refractivity contribution in [2.45, 2.75) is 240 Å². The lowest BCUT2D eigenvalue weighted by Gasteiger charge is -2.67. The Hall–Kier alpha value is -1.10. The molecule has 4 aliphatic carbocycles. The number of hydrogen-bond acceptors (Lipinski definition) is 21. The van der Waals surface area contributed by atoms with Gasteiger partial charge in [-0.3, -0.25) is 0 Å². The maximum Gasteiger partial charge on any atom is 0.191 e. The highest BCUT2D eigenvalue weighted by Crippen LogP contribution is 2.75. The van der Waals surface area contributed by atoms with E-state index in [1.54, 1.807) is 0 Å². The summed E-state index contributed by atoms with van der Waals surface area (Å²) in [6.45, 7) is 15.8. The SMILES string of the molecule is CC(C)=CC12CC(C)(O)C3C4CCC5C(C)(CCC6C(C)(C)C(OC7OCC(O)C(OC8OC(CO)C(O)C(O)C8OC8OCC(O)C(O)C8O)C7OC7OC(C)C(O)C(O)C7O)CCC65C)C4CC3(CO1)O2. The van der Waals surface area contributed by atoms with E-state index < -0.39 is 152 Å². The third-order valence-electron chi connectivity index (χ3n) is 20.1. The van der Waals surface area contributed by atoms with Crippen molar-refractivity contribution in [3.8, 4) is 0 Å². The number of fused-ring (bicyclic) bond motifs is 7. The number of hydrogen-bond donors (Lipinski definition) is 11. The van der Waals surface area contributed by atoms with Gasteiger partial charge in [-0.25, -0.2) is 0 Å². The van der Waals surface area contributed by atoms with Crippen molar-refractivity contribution in [2.75, 3.05) is 26.4 Å². The summed E-state index contributed by atoms with van der Waals surface area (Å²) in [5.41, 5.74) is -1.04. The van der Waals surface area contributed by atoms with Crippen LogP contribution in [-0.2, 0) is 47.4 Å². The molecule has 73 heavy (non-hydrogen) atoms. The first-order chi connectivity index (χ1) is 34.2. The Kier molecular flexibility index (Phi) is 14.8. The van der Waals surface area contributed by atoms with Crippen LogP contribution in [0.1, 0.15) is 107 Å². The highest BCUT2D eigenvalue weighted by Gasteiger charge is 2.75. The second-order valence-electron chi connectivity index (χ2n) is 25.4. The number of allylic oxidation sites excluding steroid dienone is 1. The van der Waals surface area contributed by atoms with E-state index in [-0.39, 0.29) is 29.3 Å². The van der Waals surface area contributed by atoms with Crippen LogP contribution in [0.3, 0.4) is 0 Å². The maximum atomic E-state index is 12.3. The van der Waals surface area contributed by atoms with Gasteiger partial charge in [0.1, 0.15) is 85.0 Å². The highest BCUT2D eigenvalue weighted by molar-refractivity contribution is 5.25. The van der Waals surface area contributed by atoms with Gasteiger partial charge in [0, 0.05) is 12.3 Å². The molecule has 6 aliphatic heterocycles. The number of aliphatic hydroxyl groups excluding tert-OH is 10. The summed E-state index contributed by atoms with van der Waals surface area (Å²) < 4.78 is 63.1. The van der Waals surface area contributed by atoms with Crippen LogP contribution in [0.25, 0.3) is 0 Å². The van der Waals surface area contributed by atoms with Crippen LogP contribution in [-0.4, -0.2) is 216 Å². The molecule has 0 aromatic carbocycles. The molecule has 418 valence electrons. The van der Waals surface area contributed by atoms with Gasteiger partial charge in [0.05, 0.1) is 44.2 Å². The van der Waals surface area contributed by atoms with Crippen LogP contribution < -0.4 is 0 Å². The molecule has 0 amide bonds. The molecular weight excluding hydrogens is 961 g/mol. The first-order valence-corrected chi connectivity index (χ1v) is 26.8. The summed E-state index contributed by atoms with van der Waals surface area (Å²) in [5, 5.41) is 121. The fourth-order valence-electron chi connectivity index (χ4n) is 17.0. The van der Waals surface area contributed by atoms with Crippen LogP contribution in [0, 0.1) is 45.8 Å². The van der Waals surface area contributed by atoms with Crippen molar-refractivity contribution >= 4 is 0 Å². The van der Waals surface area contributed by atoms with Gasteiger partial charge in [-0.15, -0.1) is 0 Å². The van der Waals surface area contributed by atoms with Crippen molar-refractivity contribution in [3.05, 3.63) is 11.6 Å². The lowest BCUT2D eigenvalue weighted by atomic mass is 9.38. The molecule has 29 unspecified atom stereocenters. The minimum absolute atomic E-state index is 0.0306. The Morgan fingerprint density at radius 2 is 1.29 bits per heavy atom. The molecule has 21 heteroatoms. The van der Waals surface area contributed by atoms with E-state index in [9.17, 15) is 56.2 Å². The first kappa shape index (κ1) is 55.2. The van der Waals surface area contributed by atoms with Crippen molar-refractivity contribution in [1.82, 2.24) is 0 Å².